The molecule has 0 radical (unpaired) electrons. The van der Waals surface area contributed by atoms with E-state index in [2.05, 4.69) is 10.0 Å². The van der Waals surface area contributed by atoms with E-state index in [1.807, 2.05) is 43.3 Å². The highest BCUT2D eigenvalue weighted by molar-refractivity contribution is 7.92. The first-order chi connectivity index (χ1) is 14.9. The van der Waals surface area contributed by atoms with Crippen LogP contribution in [0.25, 0.3) is 10.1 Å². The Morgan fingerprint density at radius 2 is 1.74 bits per heavy atom. The van der Waals surface area contributed by atoms with E-state index in [4.69, 9.17) is 0 Å². The van der Waals surface area contributed by atoms with Crippen LogP contribution in [0.5, 0.6) is 0 Å². The third-order valence-electron chi connectivity index (χ3n) is 4.63. The van der Waals surface area contributed by atoms with Crippen molar-refractivity contribution in [2.75, 3.05) is 10.0 Å². The molecule has 1 heterocycles. The van der Waals surface area contributed by atoms with Gasteiger partial charge in [0.15, 0.2) is 0 Å². The number of amides is 1. The quantitative estimate of drug-likeness (QED) is 0.443. The second kappa shape index (κ2) is 8.22. The van der Waals surface area contributed by atoms with Crippen molar-refractivity contribution in [1.29, 1.82) is 5.26 Å². The van der Waals surface area contributed by atoms with Crippen LogP contribution in [-0.4, -0.2) is 14.3 Å². The van der Waals surface area contributed by atoms with Gasteiger partial charge in [-0.3, -0.25) is 9.52 Å². The van der Waals surface area contributed by atoms with Gasteiger partial charge in [0.05, 0.1) is 32.8 Å². The summed E-state index contributed by atoms with van der Waals surface area (Å²) in [6.07, 6.45) is 0. The molecule has 0 bridgehead atoms. The Balaban J connectivity index is 1.67. The highest BCUT2D eigenvalue weighted by Crippen LogP contribution is 2.30. The summed E-state index contributed by atoms with van der Waals surface area (Å²) < 4.78 is 29.1. The van der Waals surface area contributed by atoms with Crippen molar-refractivity contribution in [3.8, 4) is 6.07 Å². The summed E-state index contributed by atoms with van der Waals surface area (Å²) >= 11 is 1.41. The molecule has 154 valence electrons. The van der Waals surface area contributed by atoms with Crippen LogP contribution in [0.1, 0.15) is 21.5 Å². The Morgan fingerprint density at radius 3 is 2.45 bits per heavy atom. The lowest BCUT2D eigenvalue weighted by Gasteiger charge is -2.13. The van der Waals surface area contributed by atoms with Gasteiger partial charge in [-0.15, -0.1) is 11.3 Å². The summed E-state index contributed by atoms with van der Waals surface area (Å²) in [7, 11) is -3.91. The highest BCUT2D eigenvalue weighted by atomic mass is 32.2. The number of rotatable bonds is 5. The van der Waals surface area contributed by atoms with E-state index >= 15 is 0 Å². The van der Waals surface area contributed by atoms with E-state index < -0.39 is 15.9 Å². The third kappa shape index (κ3) is 4.43. The number of nitriles is 1. The summed E-state index contributed by atoms with van der Waals surface area (Å²) in [4.78, 5) is 13.1. The van der Waals surface area contributed by atoms with Gasteiger partial charge in [-0.05, 0) is 54.8 Å². The number of hydrogen-bond acceptors (Lipinski definition) is 5. The number of carbonyl (C=O) groups is 1. The molecule has 0 saturated heterocycles. The fourth-order valence-electron chi connectivity index (χ4n) is 3.03. The normalized spacial score (nSPS) is 11.1. The number of aryl methyl sites for hydroxylation is 1. The number of sulfonamides is 1. The van der Waals surface area contributed by atoms with Gasteiger partial charge in [0.25, 0.3) is 15.9 Å². The maximum atomic E-state index is 13.0. The summed E-state index contributed by atoms with van der Waals surface area (Å²) in [5.74, 6) is -0.509. The molecule has 8 heteroatoms. The Morgan fingerprint density at radius 1 is 1.00 bits per heavy atom. The fraction of sp³-hybridized carbons (Fsp3) is 0.0435. The molecule has 0 atom stereocenters. The van der Waals surface area contributed by atoms with Gasteiger partial charge in [0, 0.05) is 4.70 Å². The highest BCUT2D eigenvalue weighted by Gasteiger charge is 2.20. The number of carbonyl (C=O) groups excluding carboxylic acids is 1. The summed E-state index contributed by atoms with van der Waals surface area (Å²) in [5, 5.41) is 13.7. The minimum atomic E-state index is -3.91. The molecule has 3 aromatic carbocycles. The number of benzene rings is 3. The minimum absolute atomic E-state index is 0.0622. The van der Waals surface area contributed by atoms with Gasteiger partial charge in [-0.1, -0.05) is 35.9 Å². The van der Waals surface area contributed by atoms with Crippen molar-refractivity contribution < 1.29 is 13.2 Å². The molecule has 0 aliphatic heterocycles. The maximum absolute atomic E-state index is 13.0. The molecule has 0 aliphatic rings. The van der Waals surface area contributed by atoms with Crippen molar-refractivity contribution >= 4 is 48.0 Å². The summed E-state index contributed by atoms with van der Waals surface area (Å²) in [6, 6.07) is 22.2. The Labute approximate surface area is 183 Å². The maximum Gasteiger partial charge on any atom is 0.261 e. The number of nitrogens with one attached hydrogen (secondary N) is 2. The van der Waals surface area contributed by atoms with Crippen molar-refractivity contribution in [3.05, 3.63) is 89.5 Å². The average Bonchev–Trinajstić information content (AvgIpc) is 3.16. The van der Waals surface area contributed by atoms with Crippen LogP contribution in [0.15, 0.2) is 77.7 Å². The first kappa shape index (κ1) is 20.6. The van der Waals surface area contributed by atoms with Crippen LogP contribution >= 0.6 is 11.3 Å². The predicted octanol–water partition coefficient (Wildman–Crippen LogP) is 5.13. The van der Waals surface area contributed by atoms with Gasteiger partial charge in [-0.25, -0.2) is 8.42 Å². The van der Waals surface area contributed by atoms with Crippen LogP contribution < -0.4 is 10.0 Å². The molecule has 1 amide bonds. The molecular weight excluding hydrogens is 430 g/mol. The summed E-state index contributed by atoms with van der Waals surface area (Å²) in [6.45, 7) is 1.86. The Hall–Kier alpha value is -3.67. The fourth-order valence-corrected chi connectivity index (χ4v) is 5.07. The zero-order valence-electron chi connectivity index (χ0n) is 16.4. The standard InChI is InChI=1S/C23H17N3O3S2/c1-15-6-9-18(10-7-15)31(28,29)26-20-11-8-16(14-24)12-19(20)23(27)25-22-13-17-4-2-3-5-21(17)30-22/h2-13,26H,1H3,(H,25,27). The van der Waals surface area contributed by atoms with Gasteiger partial charge >= 0.3 is 0 Å². The molecule has 0 aliphatic carbocycles. The van der Waals surface area contributed by atoms with Crippen molar-refractivity contribution in [3.63, 3.8) is 0 Å². The van der Waals surface area contributed by atoms with Crippen LogP contribution in [0, 0.1) is 18.3 Å². The monoisotopic (exact) mass is 447 g/mol. The lowest BCUT2D eigenvalue weighted by atomic mass is 10.1. The van der Waals surface area contributed by atoms with Crippen LogP contribution in [0.2, 0.25) is 0 Å². The first-order valence-electron chi connectivity index (χ1n) is 9.29. The Kier molecular flexibility index (Phi) is 5.46. The van der Waals surface area contributed by atoms with Crippen LogP contribution in [0.3, 0.4) is 0 Å². The van der Waals surface area contributed by atoms with Crippen molar-refractivity contribution in [1.82, 2.24) is 0 Å². The average molecular weight is 448 g/mol. The van der Waals surface area contributed by atoms with Gasteiger partial charge in [0.1, 0.15) is 0 Å². The van der Waals surface area contributed by atoms with E-state index in [1.165, 1.54) is 41.7 Å². The molecule has 0 spiro atoms. The zero-order chi connectivity index (χ0) is 22.0. The zero-order valence-corrected chi connectivity index (χ0v) is 18.0. The minimum Gasteiger partial charge on any atom is -0.313 e. The van der Waals surface area contributed by atoms with E-state index in [0.29, 0.717) is 5.00 Å². The van der Waals surface area contributed by atoms with E-state index in [9.17, 15) is 18.5 Å². The van der Waals surface area contributed by atoms with E-state index in [1.54, 1.807) is 12.1 Å². The molecule has 0 unspecified atom stereocenters. The summed E-state index contributed by atoms with van der Waals surface area (Å²) in [5.41, 5.74) is 1.34. The number of nitrogens with zero attached hydrogens (tertiary/aromatic N) is 1. The number of anilines is 2. The van der Waals surface area contributed by atoms with E-state index in [-0.39, 0.29) is 21.7 Å². The number of thiophene rings is 1. The predicted molar refractivity (Wildman–Crippen MR) is 123 cm³/mol. The van der Waals surface area contributed by atoms with Crippen molar-refractivity contribution in [2.45, 2.75) is 11.8 Å². The molecule has 1 aromatic heterocycles. The lowest BCUT2D eigenvalue weighted by Crippen LogP contribution is -2.18. The molecule has 2 N–H and O–H groups in total. The van der Waals surface area contributed by atoms with E-state index in [0.717, 1.165) is 15.6 Å². The van der Waals surface area contributed by atoms with Gasteiger partial charge in [-0.2, -0.15) is 5.26 Å². The molecule has 6 nitrogen and oxygen atoms in total. The number of hydrogen-bond donors (Lipinski definition) is 2. The molecule has 4 aromatic rings. The SMILES string of the molecule is Cc1ccc(S(=O)(=O)Nc2ccc(C#N)cc2C(=O)Nc2cc3ccccc3s2)cc1. The third-order valence-corrected chi connectivity index (χ3v) is 7.04. The van der Waals surface area contributed by atoms with Gasteiger partial charge in [0.2, 0.25) is 0 Å². The second-order valence-corrected chi connectivity index (χ2v) is 9.66. The number of fused-ring (bicyclic) bond motifs is 1. The first-order valence-corrected chi connectivity index (χ1v) is 11.6. The molecule has 0 fully saturated rings. The largest absolute Gasteiger partial charge is 0.313 e. The Bertz CT molecular complexity index is 1400. The van der Waals surface area contributed by atoms with Crippen LogP contribution in [0.4, 0.5) is 10.7 Å². The molecule has 0 saturated carbocycles. The molecular formula is C23H17N3O3S2. The van der Waals surface area contributed by atoms with Crippen LogP contribution in [-0.2, 0) is 10.0 Å². The smallest absolute Gasteiger partial charge is 0.261 e. The second-order valence-electron chi connectivity index (χ2n) is 6.89. The lowest BCUT2D eigenvalue weighted by molar-refractivity contribution is 0.102. The van der Waals surface area contributed by atoms with Gasteiger partial charge < -0.3 is 5.32 Å². The topological polar surface area (TPSA) is 99.1 Å². The molecule has 31 heavy (non-hydrogen) atoms. The van der Waals surface area contributed by atoms with Crippen molar-refractivity contribution in [2.24, 2.45) is 0 Å². The molecule has 4 rings (SSSR count).